The van der Waals surface area contributed by atoms with E-state index in [4.69, 9.17) is 0 Å². The van der Waals surface area contributed by atoms with Crippen LogP contribution in [-0.4, -0.2) is 0 Å². The Kier molecular flexibility index (Phi) is 6.26. The summed E-state index contributed by atoms with van der Waals surface area (Å²) in [6.07, 6.45) is 7.55. The molecule has 0 radical (unpaired) electrons. The topological polar surface area (TPSA) is 0 Å². The zero-order chi connectivity index (χ0) is 10.9. The molecule has 0 aliphatic rings. The van der Waals surface area contributed by atoms with Crippen molar-refractivity contribution in [2.45, 2.75) is 44.4 Å². The van der Waals surface area contributed by atoms with Crippen LogP contribution < -0.4 is 0 Å². The van der Waals surface area contributed by atoms with Crippen molar-refractivity contribution in [1.29, 1.82) is 0 Å². The van der Waals surface area contributed by atoms with Gasteiger partial charge < -0.3 is 0 Å². The summed E-state index contributed by atoms with van der Waals surface area (Å²) >= 11 is 1.86. The molecule has 0 aliphatic heterocycles. The molecule has 0 N–H and O–H groups in total. The predicted molar refractivity (Wildman–Crippen MR) is 70.2 cm³/mol. The summed E-state index contributed by atoms with van der Waals surface area (Å²) in [7, 11) is 0. The smallest absolute Gasteiger partial charge is 0.0118 e. The van der Waals surface area contributed by atoms with Gasteiger partial charge in [-0.15, -0.1) is 0 Å². The van der Waals surface area contributed by atoms with Gasteiger partial charge in [-0.2, -0.15) is 0 Å². The van der Waals surface area contributed by atoms with Gasteiger partial charge in [0, 0.05) is 4.90 Å². The van der Waals surface area contributed by atoms with E-state index in [1.165, 1.54) is 35.5 Å². The van der Waals surface area contributed by atoms with E-state index in [1.54, 1.807) is 0 Å². The molecule has 1 heteroatoms. The Balaban J connectivity index is 2.32. The van der Waals surface area contributed by atoms with Gasteiger partial charge in [0.05, 0.1) is 0 Å². The molecule has 15 heavy (non-hydrogen) atoms. The minimum absolute atomic E-state index is 1.22. The van der Waals surface area contributed by atoms with Gasteiger partial charge in [0.15, 0.2) is 0 Å². The third-order valence-corrected chi connectivity index (χ3v) is 3.26. The number of hydrogen-bond donors (Lipinski definition) is 0. The molecule has 0 aliphatic carbocycles. The van der Waals surface area contributed by atoms with Crippen LogP contribution in [0.1, 0.15) is 39.5 Å². The first-order valence-corrected chi connectivity index (χ1v) is 6.54. The van der Waals surface area contributed by atoms with Crippen LogP contribution in [0.2, 0.25) is 0 Å². The van der Waals surface area contributed by atoms with Gasteiger partial charge in [-0.05, 0) is 36.8 Å². The summed E-state index contributed by atoms with van der Waals surface area (Å²) in [6.45, 7) is 4.44. The largest absolute Gasteiger partial charge is 0.0952 e. The molecule has 0 saturated carbocycles. The minimum Gasteiger partial charge on any atom is -0.0952 e. The summed E-state index contributed by atoms with van der Waals surface area (Å²) in [5, 5.41) is 0. The van der Waals surface area contributed by atoms with Gasteiger partial charge >= 0.3 is 0 Å². The maximum absolute atomic E-state index is 2.35. The molecule has 1 aromatic rings. The van der Waals surface area contributed by atoms with Gasteiger partial charge in [-0.25, -0.2) is 0 Å². The summed E-state index contributed by atoms with van der Waals surface area (Å²) in [5.74, 6) is 0. The first-order chi connectivity index (χ1) is 7.33. The molecule has 0 bridgehead atoms. The Bertz CT molecular complexity index is 287. The third-order valence-electron chi connectivity index (χ3n) is 2.26. The van der Waals surface area contributed by atoms with Crippen LogP contribution in [0, 0.1) is 0 Å². The van der Waals surface area contributed by atoms with E-state index < -0.39 is 0 Å². The Morgan fingerprint density at radius 3 is 2.60 bits per heavy atom. The Morgan fingerprint density at radius 1 is 1.20 bits per heavy atom. The standard InChI is InChI=1S/C14H20S/c1-3-4-5-7-10-13(2)15-14-11-8-6-9-12-14/h6,8-12H,3-5,7H2,1-2H3/b13-10-. The van der Waals surface area contributed by atoms with Crippen LogP contribution in [0.15, 0.2) is 46.2 Å². The van der Waals surface area contributed by atoms with Gasteiger partial charge in [-0.1, -0.05) is 55.8 Å². The molecular weight excluding hydrogens is 200 g/mol. The van der Waals surface area contributed by atoms with E-state index in [-0.39, 0.29) is 0 Å². The number of hydrogen-bond acceptors (Lipinski definition) is 1. The maximum Gasteiger partial charge on any atom is 0.0118 e. The average Bonchev–Trinajstić information content (AvgIpc) is 2.26. The molecule has 0 spiro atoms. The van der Waals surface area contributed by atoms with Crippen molar-refractivity contribution in [2.24, 2.45) is 0 Å². The van der Waals surface area contributed by atoms with E-state index in [0.717, 1.165) is 0 Å². The van der Waals surface area contributed by atoms with E-state index >= 15 is 0 Å². The molecular formula is C14H20S. The fourth-order valence-corrected chi connectivity index (χ4v) is 2.28. The first-order valence-electron chi connectivity index (χ1n) is 5.72. The highest BCUT2D eigenvalue weighted by Crippen LogP contribution is 2.26. The molecule has 1 aromatic carbocycles. The van der Waals surface area contributed by atoms with Crippen LogP contribution in [0.5, 0.6) is 0 Å². The lowest BCUT2D eigenvalue weighted by Crippen LogP contribution is -1.74. The molecule has 0 unspecified atom stereocenters. The summed E-state index contributed by atoms with van der Waals surface area (Å²) < 4.78 is 0. The second-order valence-electron chi connectivity index (χ2n) is 3.73. The summed E-state index contributed by atoms with van der Waals surface area (Å²) in [4.78, 5) is 2.75. The van der Waals surface area contributed by atoms with Crippen LogP contribution in [0.3, 0.4) is 0 Å². The van der Waals surface area contributed by atoms with Crippen molar-refractivity contribution in [3.8, 4) is 0 Å². The van der Waals surface area contributed by atoms with E-state index in [1.807, 2.05) is 11.8 Å². The number of allylic oxidation sites excluding steroid dienone is 2. The number of rotatable bonds is 6. The van der Waals surface area contributed by atoms with Gasteiger partial charge in [0.25, 0.3) is 0 Å². The van der Waals surface area contributed by atoms with Crippen LogP contribution in [0.25, 0.3) is 0 Å². The van der Waals surface area contributed by atoms with E-state index in [0.29, 0.717) is 0 Å². The molecule has 82 valence electrons. The Morgan fingerprint density at radius 2 is 1.93 bits per heavy atom. The second kappa shape index (κ2) is 7.58. The number of thioether (sulfide) groups is 1. The van der Waals surface area contributed by atoms with Crippen LogP contribution in [-0.2, 0) is 0 Å². The molecule has 0 nitrogen and oxygen atoms in total. The third kappa shape index (κ3) is 5.68. The highest BCUT2D eigenvalue weighted by atomic mass is 32.2. The molecule has 0 atom stereocenters. The summed E-state index contributed by atoms with van der Waals surface area (Å²) in [6, 6.07) is 10.6. The zero-order valence-corrected chi connectivity index (χ0v) is 10.5. The first kappa shape index (κ1) is 12.4. The van der Waals surface area contributed by atoms with Crippen LogP contribution in [0.4, 0.5) is 0 Å². The van der Waals surface area contributed by atoms with E-state index in [2.05, 4.69) is 50.3 Å². The van der Waals surface area contributed by atoms with Gasteiger partial charge in [-0.3, -0.25) is 0 Å². The molecule has 0 fully saturated rings. The van der Waals surface area contributed by atoms with Gasteiger partial charge in [0.1, 0.15) is 0 Å². The monoisotopic (exact) mass is 220 g/mol. The van der Waals surface area contributed by atoms with Crippen molar-refractivity contribution in [2.75, 3.05) is 0 Å². The molecule has 1 rings (SSSR count). The van der Waals surface area contributed by atoms with Gasteiger partial charge in [0.2, 0.25) is 0 Å². The van der Waals surface area contributed by atoms with E-state index in [9.17, 15) is 0 Å². The fraction of sp³-hybridized carbons (Fsp3) is 0.429. The Hall–Kier alpha value is -0.690. The zero-order valence-electron chi connectivity index (χ0n) is 9.70. The summed E-state index contributed by atoms with van der Waals surface area (Å²) in [5.41, 5.74) is 0. The quantitative estimate of drug-likeness (QED) is 0.465. The lowest BCUT2D eigenvalue weighted by Gasteiger charge is -2.01. The number of benzene rings is 1. The Labute approximate surface area is 97.8 Å². The van der Waals surface area contributed by atoms with Crippen molar-refractivity contribution in [1.82, 2.24) is 0 Å². The molecule has 0 aromatic heterocycles. The molecule has 0 amide bonds. The van der Waals surface area contributed by atoms with Crippen molar-refractivity contribution in [3.63, 3.8) is 0 Å². The van der Waals surface area contributed by atoms with Crippen molar-refractivity contribution < 1.29 is 0 Å². The SMILES string of the molecule is CCCCC/C=C(/C)Sc1ccccc1. The average molecular weight is 220 g/mol. The van der Waals surface area contributed by atoms with Crippen molar-refractivity contribution >= 4 is 11.8 Å². The predicted octanol–water partition coefficient (Wildman–Crippen LogP) is 5.26. The molecule has 0 heterocycles. The maximum atomic E-state index is 2.35. The lowest BCUT2D eigenvalue weighted by molar-refractivity contribution is 0.728. The van der Waals surface area contributed by atoms with Crippen molar-refractivity contribution in [3.05, 3.63) is 41.3 Å². The minimum atomic E-state index is 1.22. The van der Waals surface area contributed by atoms with Crippen LogP contribution >= 0.6 is 11.8 Å². The fourth-order valence-electron chi connectivity index (χ4n) is 1.42. The normalized spacial score (nSPS) is 11.7. The molecule has 0 saturated heterocycles. The number of unbranched alkanes of at least 4 members (excludes halogenated alkanes) is 3. The second-order valence-corrected chi connectivity index (χ2v) is 5.05. The highest BCUT2D eigenvalue weighted by molar-refractivity contribution is 8.03. The highest BCUT2D eigenvalue weighted by Gasteiger charge is 1.93. The lowest BCUT2D eigenvalue weighted by atomic mass is 10.2.